The van der Waals surface area contributed by atoms with Gasteiger partial charge in [-0.3, -0.25) is 0 Å². The number of hydrogen-bond acceptors (Lipinski definition) is 3. The molecule has 1 aromatic carbocycles. The number of hydrogen-bond donors (Lipinski definition) is 1. The zero-order valence-corrected chi connectivity index (χ0v) is 12.5. The zero-order valence-electron chi connectivity index (χ0n) is 10.9. The Morgan fingerprint density at radius 1 is 1.58 bits per heavy atom. The molecule has 5 heteroatoms. The van der Waals surface area contributed by atoms with Crippen molar-refractivity contribution in [3.05, 3.63) is 28.0 Å². The lowest BCUT2D eigenvalue weighted by Gasteiger charge is -2.38. The summed E-state index contributed by atoms with van der Waals surface area (Å²) in [5.41, 5.74) is 6.94. The fourth-order valence-corrected chi connectivity index (χ4v) is 2.99. The molecule has 2 atom stereocenters. The van der Waals surface area contributed by atoms with Crippen LogP contribution in [0.4, 0.5) is 10.1 Å². The van der Waals surface area contributed by atoms with Crippen LogP contribution in [0.15, 0.2) is 16.6 Å². The molecule has 0 spiro atoms. The summed E-state index contributed by atoms with van der Waals surface area (Å²) in [5.74, 6) is 0.0342. The lowest BCUT2D eigenvalue weighted by molar-refractivity contribution is 0.346. The van der Waals surface area contributed by atoms with E-state index in [1.165, 1.54) is 0 Å². The van der Waals surface area contributed by atoms with Crippen LogP contribution in [0.1, 0.15) is 25.3 Å². The first-order valence-electron chi connectivity index (χ1n) is 6.47. The second-order valence-electron chi connectivity index (χ2n) is 4.94. The van der Waals surface area contributed by atoms with Gasteiger partial charge in [0.05, 0.1) is 15.7 Å². The summed E-state index contributed by atoms with van der Waals surface area (Å²) in [5, 5.41) is 8.88. The highest BCUT2D eigenvalue weighted by molar-refractivity contribution is 9.10. The highest BCUT2D eigenvalue weighted by Crippen LogP contribution is 2.32. The Labute approximate surface area is 121 Å². The molecule has 1 aromatic rings. The van der Waals surface area contributed by atoms with Gasteiger partial charge < -0.3 is 10.6 Å². The van der Waals surface area contributed by atoms with Crippen LogP contribution in [0.2, 0.25) is 0 Å². The van der Waals surface area contributed by atoms with E-state index in [0.29, 0.717) is 17.2 Å². The molecule has 0 radical (unpaired) electrons. The Hall–Kier alpha value is -1.12. The van der Waals surface area contributed by atoms with Crippen LogP contribution >= 0.6 is 15.9 Å². The fourth-order valence-electron chi connectivity index (χ4n) is 2.57. The highest BCUT2D eigenvalue weighted by atomic mass is 79.9. The first-order valence-corrected chi connectivity index (χ1v) is 7.26. The Morgan fingerprint density at radius 3 is 2.95 bits per heavy atom. The van der Waals surface area contributed by atoms with Gasteiger partial charge in [0.2, 0.25) is 0 Å². The van der Waals surface area contributed by atoms with E-state index in [1.54, 1.807) is 12.1 Å². The second-order valence-corrected chi connectivity index (χ2v) is 5.73. The topological polar surface area (TPSA) is 53.0 Å². The molecule has 1 fully saturated rings. The van der Waals surface area contributed by atoms with Gasteiger partial charge >= 0.3 is 0 Å². The standard InChI is InChI=1S/C14H17BrFN3/c1-2-9-8-19(6-5-11(9)18)12-4-3-10(7-17)13(15)14(12)16/h3-4,9,11H,2,5-6,8,18H2,1H3. The maximum Gasteiger partial charge on any atom is 0.161 e. The lowest BCUT2D eigenvalue weighted by Crippen LogP contribution is -2.47. The van der Waals surface area contributed by atoms with Crippen LogP contribution in [-0.4, -0.2) is 19.1 Å². The van der Waals surface area contributed by atoms with Crippen molar-refractivity contribution in [2.75, 3.05) is 18.0 Å². The van der Waals surface area contributed by atoms with E-state index in [0.717, 1.165) is 25.9 Å². The number of nitrogens with two attached hydrogens (primary N) is 1. The zero-order chi connectivity index (χ0) is 14.0. The molecule has 2 unspecified atom stereocenters. The van der Waals surface area contributed by atoms with Crippen LogP contribution in [0.3, 0.4) is 0 Å². The number of anilines is 1. The number of rotatable bonds is 2. The summed E-state index contributed by atoms with van der Waals surface area (Å²) >= 11 is 3.15. The minimum absolute atomic E-state index is 0.200. The maximum absolute atomic E-state index is 14.3. The third-order valence-corrected chi connectivity index (χ3v) is 4.62. The van der Waals surface area contributed by atoms with Gasteiger partial charge in [-0.05, 0) is 40.4 Å². The van der Waals surface area contributed by atoms with E-state index >= 15 is 0 Å². The number of piperidine rings is 1. The van der Waals surface area contributed by atoms with Crippen molar-refractivity contribution in [2.24, 2.45) is 11.7 Å². The predicted octanol–water partition coefficient (Wildman–Crippen LogP) is 3.02. The Morgan fingerprint density at radius 2 is 2.32 bits per heavy atom. The molecule has 0 aromatic heterocycles. The number of halogens is 2. The fraction of sp³-hybridized carbons (Fsp3) is 0.500. The SMILES string of the molecule is CCC1CN(c2ccc(C#N)c(Br)c2F)CCC1N. The first-order chi connectivity index (χ1) is 9.08. The average Bonchev–Trinajstić information content (AvgIpc) is 2.43. The minimum atomic E-state index is -0.357. The van der Waals surface area contributed by atoms with Crippen LogP contribution in [-0.2, 0) is 0 Å². The smallest absolute Gasteiger partial charge is 0.161 e. The molecule has 1 saturated heterocycles. The number of nitrogens with zero attached hydrogens (tertiary/aromatic N) is 2. The molecule has 3 nitrogen and oxygen atoms in total. The summed E-state index contributed by atoms with van der Waals surface area (Å²) in [6, 6.07) is 5.50. The van der Waals surface area contributed by atoms with Crippen LogP contribution < -0.4 is 10.6 Å². The van der Waals surface area contributed by atoms with E-state index in [1.807, 2.05) is 11.0 Å². The van der Waals surface area contributed by atoms with Crippen LogP contribution in [0.5, 0.6) is 0 Å². The molecule has 1 aliphatic heterocycles. The van der Waals surface area contributed by atoms with Gasteiger partial charge in [0, 0.05) is 19.1 Å². The Bertz CT molecular complexity index is 512. The number of benzene rings is 1. The predicted molar refractivity (Wildman–Crippen MR) is 77.4 cm³/mol. The molecule has 1 aliphatic rings. The number of nitriles is 1. The summed E-state index contributed by atoms with van der Waals surface area (Å²) in [7, 11) is 0. The van der Waals surface area contributed by atoms with Gasteiger partial charge in [0.25, 0.3) is 0 Å². The normalized spacial score (nSPS) is 23.2. The molecule has 0 bridgehead atoms. The quantitative estimate of drug-likeness (QED) is 0.909. The molecule has 2 N–H and O–H groups in total. The average molecular weight is 326 g/mol. The third kappa shape index (κ3) is 2.75. The van der Waals surface area contributed by atoms with E-state index in [-0.39, 0.29) is 16.3 Å². The monoisotopic (exact) mass is 325 g/mol. The van der Waals surface area contributed by atoms with Gasteiger partial charge in [0.15, 0.2) is 5.82 Å². The maximum atomic E-state index is 14.3. The Kier molecular flexibility index (Phi) is 4.43. The van der Waals surface area contributed by atoms with Gasteiger partial charge in [-0.2, -0.15) is 5.26 Å². The lowest BCUT2D eigenvalue weighted by atomic mass is 9.90. The molecule has 2 rings (SSSR count). The molecule has 0 amide bonds. The Balaban J connectivity index is 2.28. The van der Waals surface area contributed by atoms with Crippen molar-refractivity contribution >= 4 is 21.6 Å². The van der Waals surface area contributed by atoms with E-state index < -0.39 is 0 Å². The summed E-state index contributed by atoms with van der Waals surface area (Å²) in [4.78, 5) is 2.03. The van der Waals surface area contributed by atoms with E-state index in [4.69, 9.17) is 11.0 Å². The minimum Gasteiger partial charge on any atom is -0.369 e. The van der Waals surface area contributed by atoms with Crippen molar-refractivity contribution in [1.29, 1.82) is 5.26 Å². The highest BCUT2D eigenvalue weighted by Gasteiger charge is 2.27. The summed E-state index contributed by atoms with van der Waals surface area (Å²) in [6.07, 6.45) is 1.87. The van der Waals surface area contributed by atoms with Gasteiger partial charge in [-0.1, -0.05) is 13.3 Å². The van der Waals surface area contributed by atoms with Gasteiger partial charge in [-0.25, -0.2) is 4.39 Å². The largest absolute Gasteiger partial charge is 0.369 e. The van der Waals surface area contributed by atoms with Crippen LogP contribution in [0.25, 0.3) is 0 Å². The molecule has 102 valence electrons. The van der Waals surface area contributed by atoms with Crippen LogP contribution in [0, 0.1) is 23.1 Å². The molecule has 0 aliphatic carbocycles. The van der Waals surface area contributed by atoms with Crippen molar-refractivity contribution in [2.45, 2.75) is 25.8 Å². The summed E-state index contributed by atoms with van der Waals surface area (Å²) in [6.45, 7) is 3.64. The molecule has 1 heterocycles. The van der Waals surface area contributed by atoms with Crippen molar-refractivity contribution in [1.82, 2.24) is 0 Å². The third-order valence-electron chi connectivity index (χ3n) is 3.84. The van der Waals surface area contributed by atoms with Gasteiger partial charge in [0.1, 0.15) is 6.07 Å². The van der Waals surface area contributed by atoms with Crippen molar-refractivity contribution < 1.29 is 4.39 Å². The van der Waals surface area contributed by atoms with Gasteiger partial charge in [-0.15, -0.1) is 0 Å². The molecule has 19 heavy (non-hydrogen) atoms. The van der Waals surface area contributed by atoms with E-state index in [2.05, 4.69) is 22.9 Å². The van der Waals surface area contributed by atoms with E-state index in [9.17, 15) is 4.39 Å². The molecular weight excluding hydrogens is 309 g/mol. The molecular formula is C14H17BrFN3. The van der Waals surface area contributed by atoms with Crippen molar-refractivity contribution in [3.8, 4) is 6.07 Å². The first kappa shape index (κ1) is 14.3. The second kappa shape index (κ2) is 5.89. The molecule has 0 saturated carbocycles. The summed E-state index contributed by atoms with van der Waals surface area (Å²) < 4.78 is 14.5. The van der Waals surface area contributed by atoms with Crippen molar-refractivity contribution in [3.63, 3.8) is 0 Å².